The number of methoxy groups -OCH3 is 3. The molecular weight excluding hydrogens is 406 g/mol. The van der Waals surface area contributed by atoms with Gasteiger partial charge in [-0.15, -0.1) is 0 Å². The smallest absolute Gasteiger partial charge is 0.273 e. The van der Waals surface area contributed by atoms with Crippen LogP contribution in [0.3, 0.4) is 0 Å². The quantitative estimate of drug-likeness (QED) is 0.637. The van der Waals surface area contributed by atoms with Crippen LogP contribution in [0.25, 0.3) is 11.3 Å². The molecule has 0 saturated carbocycles. The fourth-order valence-corrected chi connectivity index (χ4v) is 4.28. The first kappa shape index (κ1) is 19.9. The zero-order valence-electron chi connectivity index (χ0n) is 17.0. The maximum atomic E-state index is 12.9. The number of anilines is 1. The van der Waals surface area contributed by atoms with E-state index in [1.807, 2.05) is 17.5 Å². The minimum absolute atomic E-state index is 0.150. The van der Waals surface area contributed by atoms with Gasteiger partial charge in [0.2, 0.25) is 5.95 Å². The molecule has 9 nitrogen and oxygen atoms in total. The van der Waals surface area contributed by atoms with Crippen molar-refractivity contribution in [1.29, 1.82) is 0 Å². The molecule has 0 spiro atoms. The van der Waals surface area contributed by atoms with Crippen LogP contribution in [0, 0.1) is 6.92 Å². The molecule has 1 aliphatic rings. The Balaban J connectivity index is 1.86. The minimum atomic E-state index is -0.360. The Hall–Kier alpha value is -3.40. The SMILES string of the molecule is COc1nc(-c2cc(OC)c(OC)cc2C2Cc3nc(N)nc(C)c3C(=O)N2)cs1. The fourth-order valence-electron chi connectivity index (χ4n) is 3.64. The van der Waals surface area contributed by atoms with Gasteiger partial charge < -0.3 is 25.3 Å². The lowest BCUT2D eigenvalue weighted by Gasteiger charge is -2.28. The van der Waals surface area contributed by atoms with E-state index in [2.05, 4.69) is 20.3 Å². The molecule has 2 aromatic heterocycles. The van der Waals surface area contributed by atoms with Crippen molar-refractivity contribution in [3.8, 4) is 28.0 Å². The molecule has 0 fully saturated rings. The van der Waals surface area contributed by atoms with Gasteiger partial charge in [-0.05, 0) is 24.6 Å². The van der Waals surface area contributed by atoms with Crippen molar-refractivity contribution in [1.82, 2.24) is 20.3 Å². The molecule has 0 saturated heterocycles. The molecule has 10 heteroatoms. The minimum Gasteiger partial charge on any atom is -0.493 e. The van der Waals surface area contributed by atoms with Crippen LogP contribution in [-0.4, -0.2) is 42.2 Å². The number of carbonyl (C=O) groups excluding carboxylic acids is 1. The molecule has 156 valence electrons. The highest BCUT2D eigenvalue weighted by atomic mass is 32.1. The molecule has 1 unspecified atom stereocenters. The molecule has 0 radical (unpaired) electrons. The number of rotatable bonds is 5. The number of thiazole rings is 1. The van der Waals surface area contributed by atoms with Crippen LogP contribution in [0.1, 0.15) is 33.4 Å². The Morgan fingerprint density at radius 2 is 1.83 bits per heavy atom. The average Bonchev–Trinajstić information content (AvgIpc) is 3.21. The molecular formula is C20H21N5O4S. The summed E-state index contributed by atoms with van der Waals surface area (Å²) in [6.45, 7) is 1.75. The Morgan fingerprint density at radius 1 is 1.10 bits per heavy atom. The molecule has 4 rings (SSSR count). The molecule has 1 aromatic carbocycles. The molecule has 1 aliphatic heterocycles. The summed E-state index contributed by atoms with van der Waals surface area (Å²) in [6, 6.07) is 3.35. The first-order chi connectivity index (χ1) is 14.4. The molecule has 1 amide bonds. The summed E-state index contributed by atoms with van der Waals surface area (Å²) in [7, 11) is 4.71. The van der Waals surface area contributed by atoms with E-state index >= 15 is 0 Å². The van der Waals surface area contributed by atoms with Gasteiger partial charge in [0.1, 0.15) is 0 Å². The van der Waals surface area contributed by atoms with Crippen molar-refractivity contribution < 1.29 is 19.0 Å². The van der Waals surface area contributed by atoms with Gasteiger partial charge in [0.25, 0.3) is 11.1 Å². The second kappa shape index (κ2) is 7.79. The Labute approximate surface area is 177 Å². The summed E-state index contributed by atoms with van der Waals surface area (Å²) in [6.07, 6.45) is 0.457. The standard InChI is InChI=1S/C20H21N5O4S/c1-9-17-13(24-19(21)22-9)7-12(23-18(17)26)10-5-15(27-2)16(28-3)6-11(10)14-8-30-20(25-14)29-4/h5-6,8,12H,7H2,1-4H3,(H,23,26)(H2,21,22,24). The van der Waals surface area contributed by atoms with E-state index in [0.717, 1.165) is 11.1 Å². The number of nitrogens with one attached hydrogen (secondary N) is 1. The van der Waals surface area contributed by atoms with Crippen molar-refractivity contribution in [3.05, 3.63) is 40.0 Å². The maximum absolute atomic E-state index is 12.9. The Kier molecular flexibility index (Phi) is 5.17. The Morgan fingerprint density at radius 3 is 2.50 bits per heavy atom. The van der Waals surface area contributed by atoms with Crippen molar-refractivity contribution in [2.45, 2.75) is 19.4 Å². The van der Waals surface area contributed by atoms with E-state index in [-0.39, 0.29) is 17.9 Å². The fraction of sp³-hybridized carbons (Fsp3) is 0.300. The van der Waals surface area contributed by atoms with E-state index in [1.54, 1.807) is 28.3 Å². The predicted molar refractivity (Wildman–Crippen MR) is 112 cm³/mol. The second-order valence-electron chi connectivity index (χ2n) is 6.72. The van der Waals surface area contributed by atoms with Crippen LogP contribution in [0.5, 0.6) is 16.7 Å². The predicted octanol–water partition coefficient (Wildman–Crippen LogP) is 2.54. The van der Waals surface area contributed by atoms with Crippen molar-refractivity contribution in [2.75, 3.05) is 27.1 Å². The van der Waals surface area contributed by atoms with Crippen LogP contribution < -0.4 is 25.3 Å². The molecule has 3 N–H and O–H groups in total. The third-order valence-corrected chi connectivity index (χ3v) is 5.78. The molecule has 3 aromatic rings. The highest BCUT2D eigenvalue weighted by Gasteiger charge is 2.31. The third-order valence-electron chi connectivity index (χ3n) is 4.98. The first-order valence-electron chi connectivity index (χ1n) is 9.14. The van der Waals surface area contributed by atoms with Crippen LogP contribution in [0.2, 0.25) is 0 Å². The summed E-state index contributed by atoms with van der Waals surface area (Å²) in [5.74, 6) is 1.02. The molecule has 30 heavy (non-hydrogen) atoms. The number of ether oxygens (including phenoxy) is 3. The molecule has 1 atom stereocenters. The van der Waals surface area contributed by atoms with E-state index in [1.165, 1.54) is 11.3 Å². The summed E-state index contributed by atoms with van der Waals surface area (Å²) in [5, 5.41) is 5.49. The number of hydrogen-bond acceptors (Lipinski definition) is 9. The summed E-state index contributed by atoms with van der Waals surface area (Å²) < 4.78 is 16.2. The number of hydrogen-bond donors (Lipinski definition) is 2. The number of nitrogens with zero attached hydrogens (tertiary/aromatic N) is 3. The van der Waals surface area contributed by atoms with E-state index in [0.29, 0.717) is 45.8 Å². The van der Waals surface area contributed by atoms with Crippen molar-refractivity contribution in [3.63, 3.8) is 0 Å². The van der Waals surface area contributed by atoms with Gasteiger partial charge in [0.05, 0.1) is 50.0 Å². The monoisotopic (exact) mass is 427 g/mol. The highest BCUT2D eigenvalue weighted by Crippen LogP contribution is 2.41. The van der Waals surface area contributed by atoms with Gasteiger partial charge in [-0.3, -0.25) is 4.79 Å². The lowest BCUT2D eigenvalue weighted by Crippen LogP contribution is -2.37. The number of benzene rings is 1. The zero-order valence-corrected chi connectivity index (χ0v) is 17.8. The van der Waals surface area contributed by atoms with Gasteiger partial charge in [0, 0.05) is 17.4 Å². The van der Waals surface area contributed by atoms with Crippen LogP contribution in [0.15, 0.2) is 17.5 Å². The lowest BCUT2D eigenvalue weighted by molar-refractivity contribution is 0.0922. The average molecular weight is 427 g/mol. The molecule has 3 heterocycles. The van der Waals surface area contributed by atoms with Crippen LogP contribution >= 0.6 is 11.3 Å². The summed E-state index contributed by atoms with van der Waals surface area (Å²) >= 11 is 1.39. The normalized spacial score (nSPS) is 15.3. The highest BCUT2D eigenvalue weighted by molar-refractivity contribution is 7.11. The largest absolute Gasteiger partial charge is 0.493 e. The topological polar surface area (TPSA) is 121 Å². The summed E-state index contributed by atoms with van der Waals surface area (Å²) in [5.41, 5.74) is 9.82. The molecule has 0 aliphatic carbocycles. The van der Waals surface area contributed by atoms with Crippen LogP contribution in [0.4, 0.5) is 5.95 Å². The Bertz CT molecular complexity index is 1130. The van der Waals surface area contributed by atoms with Crippen LogP contribution in [-0.2, 0) is 6.42 Å². The van der Waals surface area contributed by atoms with E-state index < -0.39 is 0 Å². The number of aromatic nitrogens is 3. The number of nitrogens with two attached hydrogens (primary N) is 1. The number of carbonyl (C=O) groups is 1. The van der Waals surface area contributed by atoms with Gasteiger partial charge in [-0.25, -0.2) is 15.0 Å². The number of fused-ring (bicyclic) bond motifs is 1. The third kappa shape index (κ3) is 3.39. The molecule has 0 bridgehead atoms. The van der Waals surface area contributed by atoms with Gasteiger partial charge in [-0.2, -0.15) is 0 Å². The van der Waals surface area contributed by atoms with Gasteiger partial charge >= 0.3 is 0 Å². The number of aryl methyl sites for hydroxylation is 1. The summed E-state index contributed by atoms with van der Waals surface area (Å²) in [4.78, 5) is 25.8. The van der Waals surface area contributed by atoms with Gasteiger partial charge in [-0.1, -0.05) is 11.3 Å². The first-order valence-corrected chi connectivity index (χ1v) is 10.0. The number of amides is 1. The lowest BCUT2D eigenvalue weighted by atomic mass is 9.90. The van der Waals surface area contributed by atoms with E-state index in [9.17, 15) is 4.79 Å². The van der Waals surface area contributed by atoms with E-state index in [4.69, 9.17) is 19.9 Å². The second-order valence-corrected chi connectivity index (χ2v) is 7.54. The van der Waals surface area contributed by atoms with Gasteiger partial charge in [0.15, 0.2) is 11.5 Å². The van der Waals surface area contributed by atoms with Crippen molar-refractivity contribution in [2.24, 2.45) is 0 Å². The maximum Gasteiger partial charge on any atom is 0.273 e. The number of nitrogen functional groups attached to an aromatic ring is 1. The zero-order chi connectivity index (χ0) is 21.4. The van der Waals surface area contributed by atoms with Crippen molar-refractivity contribution >= 4 is 23.2 Å².